The Morgan fingerprint density at radius 3 is 2.40 bits per heavy atom. The zero-order valence-electron chi connectivity index (χ0n) is 11.6. The molecule has 0 saturated carbocycles. The number of primary amides is 1. The van der Waals surface area contributed by atoms with E-state index in [0.717, 1.165) is 24.6 Å². The smallest absolute Gasteiger partial charge is 0.248 e. The summed E-state index contributed by atoms with van der Waals surface area (Å²) in [6, 6.07) is 7.31. The topological polar surface area (TPSA) is 70.7 Å². The summed E-state index contributed by atoms with van der Waals surface area (Å²) < 4.78 is 0. The number of halogens is 1. The highest BCUT2D eigenvalue weighted by atomic mass is 127. The summed E-state index contributed by atoms with van der Waals surface area (Å²) in [4.78, 5) is 17.5. The molecule has 0 radical (unpaired) electrons. The Labute approximate surface area is 136 Å². The van der Waals surface area contributed by atoms with E-state index in [4.69, 9.17) is 5.73 Å². The molecule has 1 saturated heterocycles. The normalized spacial score (nSPS) is 14.8. The molecule has 0 aromatic heterocycles. The number of likely N-dealkylation sites (tertiary alicyclic amines) is 1. The maximum Gasteiger partial charge on any atom is 0.248 e. The van der Waals surface area contributed by atoms with E-state index < -0.39 is 5.91 Å². The second kappa shape index (κ2) is 8.08. The molecule has 0 unspecified atom stereocenters. The standard InChI is InChI=1S/C14H20N4O.HI/c1-16-14(18-8-2-3-9-18)17-10-11-4-6-12(7-5-11)13(15)19;/h4-7H,2-3,8-10H2,1H3,(H2,15,19)(H,16,17);1H. The maximum absolute atomic E-state index is 11.0. The number of aliphatic imine (C=N–C) groups is 1. The molecule has 1 aliphatic heterocycles. The lowest BCUT2D eigenvalue weighted by Crippen LogP contribution is -2.39. The molecule has 0 spiro atoms. The number of nitrogens with one attached hydrogen (secondary N) is 1. The quantitative estimate of drug-likeness (QED) is 0.469. The van der Waals surface area contributed by atoms with Crippen LogP contribution in [0, 0.1) is 0 Å². The van der Waals surface area contributed by atoms with Crippen molar-refractivity contribution in [3.05, 3.63) is 35.4 Å². The second-order valence-electron chi connectivity index (χ2n) is 4.66. The Balaban J connectivity index is 0.00000200. The number of benzene rings is 1. The third-order valence-electron chi connectivity index (χ3n) is 3.31. The minimum absolute atomic E-state index is 0. The lowest BCUT2D eigenvalue weighted by atomic mass is 10.1. The van der Waals surface area contributed by atoms with Gasteiger partial charge in [-0.3, -0.25) is 9.79 Å². The first-order valence-electron chi connectivity index (χ1n) is 6.55. The lowest BCUT2D eigenvalue weighted by Gasteiger charge is -2.20. The molecule has 1 amide bonds. The van der Waals surface area contributed by atoms with Crippen molar-refractivity contribution in [2.45, 2.75) is 19.4 Å². The molecule has 2 rings (SSSR count). The first-order chi connectivity index (χ1) is 9.20. The van der Waals surface area contributed by atoms with E-state index in [0.29, 0.717) is 12.1 Å². The summed E-state index contributed by atoms with van der Waals surface area (Å²) >= 11 is 0. The predicted octanol–water partition coefficient (Wildman–Crippen LogP) is 1.57. The van der Waals surface area contributed by atoms with Gasteiger partial charge in [0.15, 0.2) is 5.96 Å². The Morgan fingerprint density at radius 1 is 1.30 bits per heavy atom. The Morgan fingerprint density at radius 2 is 1.90 bits per heavy atom. The van der Waals surface area contributed by atoms with Crippen molar-refractivity contribution < 1.29 is 4.79 Å². The highest BCUT2D eigenvalue weighted by molar-refractivity contribution is 14.0. The van der Waals surface area contributed by atoms with Crippen LogP contribution < -0.4 is 11.1 Å². The van der Waals surface area contributed by atoms with Gasteiger partial charge in [0.05, 0.1) is 0 Å². The van der Waals surface area contributed by atoms with E-state index in [1.807, 2.05) is 12.1 Å². The molecule has 0 bridgehead atoms. The molecule has 1 fully saturated rings. The van der Waals surface area contributed by atoms with Gasteiger partial charge >= 0.3 is 0 Å². The van der Waals surface area contributed by atoms with Crippen LogP contribution >= 0.6 is 24.0 Å². The van der Waals surface area contributed by atoms with E-state index in [2.05, 4.69) is 15.2 Å². The molecule has 1 aromatic rings. The molecule has 20 heavy (non-hydrogen) atoms. The summed E-state index contributed by atoms with van der Waals surface area (Å²) in [5.74, 6) is 0.545. The number of amides is 1. The molecular formula is C14H21IN4O. The van der Waals surface area contributed by atoms with Gasteiger partial charge in [0.2, 0.25) is 5.91 Å². The van der Waals surface area contributed by atoms with Crippen LogP contribution in [0.25, 0.3) is 0 Å². The van der Waals surface area contributed by atoms with Gasteiger partial charge in [-0.1, -0.05) is 12.1 Å². The minimum Gasteiger partial charge on any atom is -0.366 e. The van der Waals surface area contributed by atoms with Gasteiger partial charge < -0.3 is 16.0 Å². The van der Waals surface area contributed by atoms with Crippen LogP contribution in [0.5, 0.6) is 0 Å². The Kier molecular flexibility index (Phi) is 6.77. The summed E-state index contributed by atoms with van der Waals surface area (Å²) in [5, 5.41) is 3.34. The maximum atomic E-state index is 11.0. The van der Waals surface area contributed by atoms with Crippen LogP contribution in [0.2, 0.25) is 0 Å². The molecule has 1 aliphatic rings. The van der Waals surface area contributed by atoms with Crippen molar-refractivity contribution in [1.82, 2.24) is 10.2 Å². The van der Waals surface area contributed by atoms with E-state index in [9.17, 15) is 4.79 Å². The van der Waals surface area contributed by atoms with Gasteiger partial charge in [0.1, 0.15) is 0 Å². The average molecular weight is 388 g/mol. The summed E-state index contributed by atoms with van der Waals surface area (Å²) in [5.41, 5.74) is 6.85. The largest absolute Gasteiger partial charge is 0.366 e. The first kappa shape index (κ1) is 16.7. The number of carbonyl (C=O) groups excluding carboxylic acids is 1. The first-order valence-corrected chi connectivity index (χ1v) is 6.55. The van der Waals surface area contributed by atoms with Crippen molar-refractivity contribution in [2.24, 2.45) is 10.7 Å². The Bertz CT molecular complexity index is 467. The summed E-state index contributed by atoms with van der Waals surface area (Å²) in [7, 11) is 1.80. The van der Waals surface area contributed by atoms with E-state index in [-0.39, 0.29) is 24.0 Å². The molecule has 6 heteroatoms. The predicted molar refractivity (Wildman–Crippen MR) is 91.4 cm³/mol. The minimum atomic E-state index is -0.396. The van der Waals surface area contributed by atoms with Gasteiger partial charge in [-0.05, 0) is 30.5 Å². The van der Waals surface area contributed by atoms with Gasteiger partial charge in [-0.25, -0.2) is 0 Å². The monoisotopic (exact) mass is 388 g/mol. The van der Waals surface area contributed by atoms with Crippen molar-refractivity contribution in [3.8, 4) is 0 Å². The highest BCUT2D eigenvalue weighted by Crippen LogP contribution is 2.08. The molecule has 0 atom stereocenters. The molecule has 1 aromatic carbocycles. The van der Waals surface area contributed by atoms with E-state index in [1.165, 1.54) is 12.8 Å². The van der Waals surface area contributed by atoms with Crippen molar-refractivity contribution in [3.63, 3.8) is 0 Å². The highest BCUT2D eigenvalue weighted by Gasteiger charge is 2.15. The molecule has 110 valence electrons. The Hall–Kier alpha value is -1.31. The number of hydrogen-bond donors (Lipinski definition) is 2. The molecule has 5 nitrogen and oxygen atoms in total. The van der Waals surface area contributed by atoms with Gasteiger partial charge in [0.25, 0.3) is 0 Å². The third-order valence-corrected chi connectivity index (χ3v) is 3.31. The van der Waals surface area contributed by atoms with Gasteiger partial charge in [-0.15, -0.1) is 24.0 Å². The van der Waals surface area contributed by atoms with Crippen LogP contribution in [0.15, 0.2) is 29.3 Å². The van der Waals surface area contributed by atoms with Crippen LogP contribution in [-0.2, 0) is 6.54 Å². The second-order valence-corrected chi connectivity index (χ2v) is 4.66. The van der Waals surface area contributed by atoms with Gasteiger partial charge in [-0.2, -0.15) is 0 Å². The fourth-order valence-electron chi connectivity index (χ4n) is 2.23. The number of guanidine groups is 1. The molecule has 0 aliphatic carbocycles. The summed E-state index contributed by atoms with van der Waals surface area (Å²) in [6.45, 7) is 2.84. The van der Waals surface area contributed by atoms with E-state index >= 15 is 0 Å². The number of rotatable bonds is 3. The third kappa shape index (κ3) is 4.36. The zero-order valence-corrected chi connectivity index (χ0v) is 14.0. The number of nitrogens with zero attached hydrogens (tertiary/aromatic N) is 2. The van der Waals surface area contributed by atoms with Crippen LogP contribution in [-0.4, -0.2) is 36.9 Å². The molecule has 3 N–H and O–H groups in total. The number of carbonyl (C=O) groups is 1. The SMILES string of the molecule is CN=C(NCc1ccc(C(N)=O)cc1)N1CCCC1.I. The fraction of sp³-hybridized carbons (Fsp3) is 0.429. The number of nitrogens with two attached hydrogens (primary N) is 1. The van der Waals surface area contributed by atoms with Crippen molar-refractivity contribution >= 4 is 35.8 Å². The summed E-state index contributed by atoms with van der Waals surface area (Å²) in [6.07, 6.45) is 2.46. The average Bonchev–Trinajstić information content (AvgIpc) is 2.94. The fourth-order valence-corrected chi connectivity index (χ4v) is 2.23. The lowest BCUT2D eigenvalue weighted by molar-refractivity contribution is 0.100. The number of hydrogen-bond acceptors (Lipinski definition) is 2. The van der Waals surface area contributed by atoms with Crippen molar-refractivity contribution in [1.29, 1.82) is 0 Å². The zero-order chi connectivity index (χ0) is 13.7. The van der Waals surface area contributed by atoms with Crippen molar-refractivity contribution in [2.75, 3.05) is 20.1 Å². The van der Waals surface area contributed by atoms with Crippen LogP contribution in [0.1, 0.15) is 28.8 Å². The molecule has 1 heterocycles. The molecular weight excluding hydrogens is 367 g/mol. The van der Waals surface area contributed by atoms with Gasteiger partial charge in [0, 0.05) is 32.2 Å². The van der Waals surface area contributed by atoms with Crippen LogP contribution in [0.3, 0.4) is 0 Å². The van der Waals surface area contributed by atoms with E-state index in [1.54, 1.807) is 19.2 Å². The van der Waals surface area contributed by atoms with Crippen LogP contribution in [0.4, 0.5) is 0 Å².